The highest BCUT2D eigenvalue weighted by molar-refractivity contribution is 6.15. The standard InChI is InChI=1S/2C46H30N2/c1-2-11-31(12-3-1)32-21-25-36(26-22-32)47-43-18-8-6-16-38(43)40-29-34(23-27-45(40)47)35-24-28-46-41(30-35)39-17-7-9-19-44(39)48(46)42-20-10-14-33-13-4-5-15-37(33)42;1-2-10-31(11-3-1)33-18-23-37(24-19-33)47-43-16-8-6-14-39(43)41-29-35(21-26-45(41)47)36-22-27-46-42(30-36)40-15-7-9-17-44(40)48(46)38-25-20-32-12-4-5-13-34(32)28-38/h2*1-30H. The molecule has 4 aromatic heterocycles. The summed E-state index contributed by atoms with van der Waals surface area (Å²) in [5.74, 6) is 0. The highest BCUT2D eigenvalue weighted by Crippen LogP contribution is 2.42. The maximum Gasteiger partial charge on any atom is 0.0541 e. The van der Waals surface area contributed by atoms with E-state index in [1.807, 2.05) is 0 Å². The van der Waals surface area contributed by atoms with Gasteiger partial charge in [0.2, 0.25) is 0 Å². The topological polar surface area (TPSA) is 19.7 Å². The molecule has 0 bridgehead atoms. The lowest BCUT2D eigenvalue weighted by atomic mass is 10.0. The summed E-state index contributed by atoms with van der Waals surface area (Å²) in [6, 6.07) is 132. The van der Waals surface area contributed by atoms with Gasteiger partial charge in [0.1, 0.15) is 0 Å². The summed E-state index contributed by atoms with van der Waals surface area (Å²) in [5, 5.41) is 15.1. The van der Waals surface area contributed by atoms with E-state index >= 15 is 0 Å². The zero-order valence-electron chi connectivity index (χ0n) is 52.4. The van der Waals surface area contributed by atoms with Crippen molar-refractivity contribution in [2.45, 2.75) is 0 Å². The van der Waals surface area contributed by atoms with Crippen molar-refractivity contribution in [2.24, 2.45) is 0 Å². The van der Waals surface area contributed by atoms with Crippen LogP contribution in [0.5, 0.6) is 0 Å². The molecule has 0 aliphatic heterocycles. The Balaban J connectivity index is 0.000000135. The Labute approximate surface area is 554 Å². The number of fused-ring (bicyclic) bond motifs is 14. The van der Waals surface area contributed by atoms with Gasteiger partial charge in [-0.3, -0.25) is 0 Å². The van der Waals surface area contributed by atoms with Gasteiger partial charge < -0.3 is 18.3 Å². The summed E-state index contributed by atoms with van der Waals surface area (Å²) in [5.41, 5.74) is 24.2. The van der Waals surface area contributed by atoms with E-state index in [2.05, 4.69) is 382 Å². The van der Waals surface area contributed by atoms with Gasteiger partial charge in [-0.15, -0.1) is 0 Å². The molecule has 0 saturated carbocycles. The molecule has 4 nitrogen and oxygen atoms in total. The third-order valence-corrected chi connectivity index (χ3v) is 19.8. The first-order valence-electron chi connectivity index (χ1n) is 33.0. The molecule has 20 rings (SSSR count). The van der Waals surface area contributed by atoms with E-state index in [1.165, 1.54) is 165 Å². The summed E-state index contributed by atoms with van der Waals surface area (Å²) in [6.07, 6.45) is 0. The Morgan fingerprint density at radius 1 is 0.135 bits per heavy atom. The predicted molar refractivity (Wildman–Crippen MR) is 407 cm³/mol. The maximum absolute atomic E-state index is 2.43. The molecule has 0 atom stereocenters. The van der Waals surface area contributed by atoms with E-state index in [0.717, 1.165) is 11.4 Å². The highest BCUT2D eigenvalue weighted by Gasteiger charge is 2.20. The first-order chi connectivity index (χ1) is 47.6. The molecule has 0 aliphatic rings. The van der Waals surface area contributed by atoms with E-state index < -0.39 is 0 Å². The molecule has 96 heavy (non-hydrogen) atoms. The quantitative estimate of drug-likeness (QED) is 0.144. The Morgan fingerprint density at radius 2 is 0.427 bits per heavy atom. The van der Waals surface area contributed by atoms with E-state index in [4.69, 9.17) is 0 Å². The third kappa shape index (κ3) is 9.06. The predicted octanol–water partition coefficient (Wildman–Crippen LogP) is 24.7. The van der Waals surface area contributed by atoms with Crippen LogP contribution in [0.25, 0.3) is 176 Å². The van der Waals surface area contributed by atoms with Gasteiger partial charge in [0.25, 0.3) is 0 Å². The second kappa shape index (κ2) is 22.5. The molecule has 0 fully saturated rings. The molecule has 0 spiro atoms. The Morgan fingerprint density at radius 3 is 0.865 bits per heavy atom. The van der Waals surface area contributed by atoms with Crippen LogP contribution >= 0.6 is 0 Å². The Kier molecular flexibility index (Phi) is 12.9. The van der Waals surface area contributed by atoms with Crippen molar-refractivity contribution in [1.29, 1.82) is 0 Å². The lowest BCUT2D eigenvalue weighted by molar-refractivity contribution is 1.18. The van der Waals surface area contributed by atoms with E-state index in [1.54, 1.807) is 0 Å². The van der Waals surface area contributed by atoms with E-state index in [9.17, 15) is 0 Å². The van der Waals surface area contributed by atoms with Crippen molar-refractivity contribution in [3.8, 4) is 67.3 Å². The molecule has 0 unspecified atom stereocenters. The fraction of sp³-hybridized carbons (Fsp3) is 0. The number of aromatic nitrogens is 4. The van der Waals surface area contributed by atoms with Crippen LogP contribution < -0.4 is 0 Å². The van der Waals surface area contributed by atoms with Crippen LogP contribution in [0.2, 0.25) is 0 Å². The molecule has 20 aromatic rings. The van der Waals surface area contributed by atoms with Crippen LogP contribution in [0.1, 0.15) is 0 Å². The fourth-order valence-corrected chi connectivity index (χ4v) is 15.3. The smallest absolute Gasteiger partial charge is 0.0541 e. The Bertz CT molecular complexity index is 6410. The van der Waals surface area contributed by atoms with Crippen LogP contribution in [0.4, 0.5) is 0 Å². The average molecular weight is 1220 g/mol. The number of nitrogens with zero attached hydrogens (tertiary/aromatic N) is 4. The van der Waals surface area contributed by atoms with Crippen molar-refractivity contribution in [1.82, 2.24) is 18.3 Å². The zero-order valence-corrected chi connectivity index (χ0v) is 52.4. The first kappa shape index (κ1) is 54.9. The van der Waals surface area contributed by atoms with Gasteiger partial charge in [-0.2, -0.15) is 0 Å². The zero-order chi connectivity index (χ0) is 63.2. The molecule has 16 aromatic carbocycles. The largest absolute Gasteiger partial charge is 0.309 e. The van der Waals surface area contributed by atoms with Crippen LogP contribution in [-0.2, 0) is 0 Å². The van der Waals surface area contributed by atoms with Crippen LogP contribution in [0.3, 0.4) is 0 Å². The van der Waals surface area contributed by atoms with Gasteiger partial charge >= 0.3 is 0 Å². The summed E-state index contributed by atoms with van der Waals surface area (Å²) in [7, 11) is 0. The van der Waals surface area contributed by atoms with E-state index in [-0.39, 0.29) is 0 Å². The number of para-hydroxylation sites is 4. The van der Waals surface area contributed by atoms with Gasteiger partial charge in [-0.1, -0.05) is 249 Å². The number of hydrogen-bond acceptors (Lipinski definition) is 0. The van der Waals surface area contributed by atoms with Gasteiger partial charge in [-0.25, -0.2) is 0 Å². The van der Waals surface area contributed by atoms with E-state index in [0.29, 0.717) is 0 Å². The molecule has 0 N–H and O–H groups in total. The van der Waals surface area contributed by atoms with Crippen LogP contribution in [0, 0.1) is 0 Å². The van der Waals surface area contributed by atoms with Gasteiger partial charge in [0, 0.05) is 65.5 Å². The van der Waals surface area contributed by atoms with Gasteiger partial charge in [0.15, 0.2) is 0 Å². The number of benzene rings is 16. The second-order valence-corrected chi connectivity index (χ2v) is 25.2. The lowest BCUT2D eigenvalue weighted by Crippen LogP contribution is -1.95. The maximum atomic E-state index is 2.43. The minimum atomic E-state index is 1.16. The minimum absolute atomic E-state index is 1.16. The molecular weight excluding hydrogens is 1160 g/mol. The average Bonchev–Trinajstić information content (AvgIpc) is 1.60. The molecule has 0 radical (unpaired) electrons. The van der Waals surface area contributed by atoms with Crippen molar-refractivity contribution < 1.29 is 0 Å². The normalized spacial score (nSPS) is 11.8. The molecule has 0 amide bonds. The van der Waals surface area contributed by atoms with Crippen molar-refractivity contribution >= 4 is 109 Å². The Hall–Kier alpha value is -12.8. The van der Waals surface area contributed by atoms with Gasteiger partial charge in [-0.05, 0) is 176 Å². The molecule has 4 heteroatoms. The monoisotopic (exact) mass is 1220 g/mol. The number of hydrogen-bond donors (Lipinski definition) is 0. The summed E-state index contributed by atoms with van der Waals surface area (Å²) in [4.78, 5) is 0. The summed E-state index contributed by atoms with van der Waals surface area (Å²) in [6.45, 7) is 0. The molecule has 4 heterocycles. The SMILES string of the molecule is c1ccc(-c2ccc(-n3c4ccccc4c4cc(-c5ccc6c(c5)c5ccccc5n6-c5ccc6ccccc6c5)ccc43)cc2)cc1.c1ccc(-c2ccc(-n3c4ccccc4c4cc(-c5ccc6c(c5)c5ccccc5n6-c5cccc6ccccc56)ccc43)cc2)cc1. The van der Waals surface area contributed by atoms with Crippen molar-refractivity contribution in [3.63, 3.8) is 0 Å². The summed E-state index contributed by atoms with van der Waals surface area (Å²) < 4.78 is 9.62. The molecule has 448 valence electrons. The van der Waals surface area contributed by atoms with Gasteiger partial charge in [0.05, 0.1) is 49.8 Å². The molecule has 0 saturated heterocycles. The van der Waals surface area contributed by atoms with Crippen molar-refractivity contribution in [3.05, 3.63) is 364 Å². The lowest BCUT2D eigenvalue weighted by Gasteiger charge is -2.12. The van der Waals surface area contributed by atoms with Crippen LogP contribution in [0.15, 0.2) is 364 Å². The van der Waals surface area contributed by atoms with Crippen molar-refractivity contribution in [2.75, 3.05) is 0 Å². The molecular formula is C92H60N4. The molecule has 0 aliphatic carbocycles. The minimum Gasteiger partial charge on any atom is -0.309 e. The first-order valence-corrected chi connectivity index (χ1v) is 33.0. The fourth-order valence-electron chi connectivity index (χ4n) is 15.3. The van der Waals surface area contributed by atoms with Crippen LogP contribution in [-0.4, -0.2) is 18.3 Å². The number of rotatable bonds is 8. The summed E-state index contributed by atoms with van der Waals surface area (Å²) >= 11 is 0. The third-order valence-electron chi connectivity index (χ3n) is 19.8. The highest BCUT2D eigenvalue weighted by atomic mass is 15.0. The second-order valence-electron chi connectivity index (χ2n) is 25.2.